The van der Waals surface area contributed by atoms with Gasteiger partial charge in [-0.3, -0.25) is 0 Å². The highest BCUT2D eigenvalue weighted by molar-refractivity contribution is 4.87. The van der Waals surface area contributed by atoms with E-state index in [2.05, 4.69) is 37.9 Å². The second-order valence-corrected chi connectivity index (χ2v) is 8.12. The summed E-state index contributed by atoms with van der Waals surface area (Å²) in [6, 6.07) is 0.626. The van der Waals surface area contributed by atoms with Crippen LogP contribution in [0.5, 0.6) is 0 Å². The number of rotatable bonds is 6. The molecule has 0 bridgehead atoms. The van der Waals surface area contributed by atoms with Crippen molar-refractivity contribution in [2.24, 2.45) is 17.3 Å². The lowest BCUT2D eigenvalue weighted by Gasteiger charge is -2.40. The third-order valence-electron chi connectivity index (χ3n) is 5.01. The lowest BCUT2D eigenvalue weighted by molar-refractivity contribution is 0.0227. The fraction of sp³-hybridized carbons (Fsp3) is 1.00. The van der Waals surface area contributed by atoms with Gasteiger partial charge in [-0.1, -0.05) is 27.7 Å². The minimum Gasteiger partial charge on any atom is -0.393 e. The van der Waals surface area contributed by atoms with E-state index in [1.807, 2.05) is 0 Å². The highest BCUT2D eigenvalue weighted by atomic mass is 16.3. The van der Waals surface area contributed by atoms with Crippen LogP contribution in [-0.2, 0) is 0 Å². The molecule has 3 nitrogen and oxygen atoms in total. The van der Waals surface area contributed by atoms with E-state index in [-0.39, 0.29) is 11.5 Å². The van der Waals surface area contributed by atoms with Crippen molar-refractivity contribution in [3.05, 3.63) is 0 Å². The normalized spacial score (nSPS) is 30.4. The summed E-state index contributed by atoms with van der Waals surface area (Å²) in [4.78, 5) is 2.55. The van der Waals surface area contributed by atoms with E-state index in [0.717, 1.165) is 25.4 Å². The summed E-state index contributed by atoms with van der Waals surface area (Å²) < 4.78 is 0. The third kappa shape index (κ3) is 5.01. The molecule has 3 atom stereocenters. The zero-order valence-electron chi connectivity index (χ0n) is 13.9. The lowest BCUT2D eigenvalue weighted by Crippen LogP contribution is -2.50. The van der Waals surface area contributed by atoms with E-state index >= 15 is 0 Å². The maximum atomic E-state index is 10.4. The van der Waals surface area contributed by atoms with Gasteiger partial charge in [0.2, 0.25) is 0 Å². The SMILES string of the molecule is CCN1CC(CC(O)C(C)(C)C)CC(NCC2CC2)C1. The van der Waals surface area contributed by atoms with Crippen LogP contribution in [0.15, 0.2) is 0 Å². The van der Waals surface area contributed by atoms with Crippen LogP contribution in [-0.4, -0.2) is 48.3 Å². The molecule has 2 N–H and O–H groups in total. The Hall–Kier alpha value is -0.120. The highest BCUT2D eigenvalue weighted by Gasteiger charge is 2.32. The number of hydrogen-bond donors (Lipinski definition) is 2. The summed E-state index contributed by atoms with van der Waals surface area (Å²) in [5, 5.41) is 14.1. The van der Waals surface area contributed by atoms with Crippen molar-refractivity contribution in [2.75, 3.05) is 26.2 Å². The highest BCUT2D eigenvalue weighted by Crippen LogP contribution is 2.30. The molecule has 1 aliphatic heterocycles. The van der Waals surface area contributed by atoms with Gasteiger partial charge in [-0.2, -0.15) is 0 Å². The number of likely N-dealkylation sites (N-methyl/N-ethyl adjacent to an activating group) is 1. The molecule has 1 heterocycles. The smallest absolute Gasteiger partial charge is 0.0591 e. The predicted molar refractivity (Wildman–Crippen MR) is 84.8 cm³/mol. The quantitative estimate of drug-likeness (QED) is 0.786. The number of likely N-dealkylation sites (tertiary alicyclic amines) is 1. The van der Waals surface area contributed by atoms with E-state index in [0.29, 0.717) is 12.0 Å². The van der Waals surface area contributed by atoms with Crippen molar-refractivity contribution in [3.8, 4) is 0 Å². The van der Waals surface area contributed by atoms with Crippen molar-refractivity contribution < 1.29 is 5.11 Å². The minimum absolute atomic E-state index is 0.00539. The first-order valence-electron chi connectivity index (χ1n) is 8.52. The van der Waals surface area contributed by atoms with Gasteiger partial charge < -0.3 is 15.3 Å². The number of piperidine rings is 1. The van der Waals surface area contributed by atoms with Crippen molar-refractivity contribution >= 4 is 0 Å². The number of hydrogen-bond acceptors (Lipinski definition) is 3. The third-order valence-corrected chi connectivity index (χ3v) is 5.01. The van der Waals surface area contributed by atoms with Crippen LogP contribution in [0.25, 0.3) is 0 Å². The van der Waals surface area contributed by atoms with Crippen molar-refractivity contribution in [1.29, 1.82) is 0 Å². The molecule has 3 heteroatoms. The van der Waals surface area contributed by atoms with Gasteiger partial charge in [0, 0.05) is 19.1 Å². The van der Waals surface area contributed by atoms with E-state index in [4.69, 9.17) is 0 Å². The molecule has 0 amide bonds. The Morgan fingerprint density at radius 3 is 2.45 bits per heavy atom. The summed E-state index contributed by atoms with van der Waals surface area (Å²) in [5.74, 6) is 1.58. The molecule has 1 saturated carbocycles. The number of aliphatic hydroxyl groups is 1. The molecule has 20 heavy (non-hydrogen) atoms. The fourth-order valence-electron chi connectivity index (χ4n) is 3.20. The maximum Gasteiger partial charge on any atom is 0.0591 e. The van der Waals surface area contributed by atoms with Gasteiger partial charge in [0.1, 0.15) is 0 Å². The molecule has 0 spiro atoms. The molecule has 118 valence electrons. The molecule has 2 rings (SSSR count). The molecule has 0 aromatic rings. The van der Waals surface area contributed by atoms with Crippen molar-refractivity contribution in [1.82, 2.24) is 10.2 Å². The minimum atomic E-state index is -0.187. The van der Waals surface area contributed by atoms with Crippen LogP contribution >= 0.6 is 0 Å². The monoisotopic (exact) mass is 282 g/mol. The molecular formula is C17H34N2O. The van der Waals surface area contributed by atoms with Gasteiger partial charge in [0.25, 0.3) is 0 Å². The first kappa shape index (κ1) is 16.3. The van der Waals surface area contributed by atoms with Gasteiger partial charge in [-0.15, -0.1) is 0 Å². The van der Waals surface area contributed by atoms with E-state index in [1.54, 1.807) is 0 Å². The molecule has 0 radical (unpaired) electrons. The standard InChI is InChI=1S/C17H34N2O/c1-5-19-11-14(9-16(20)17(2,3)4)8-15(12-19)18-10-13-6-7-13/h13-16,18,20H,5-12H2,1-4H3. The zero-order chi connectivity index (χ0) is 14.8. The van der Waals surface area contributed by atoms with Crippen LogP contribution in [0.1, 0.15) is 53.4 Å². The molecule has 0 aromatic carbocycles. The van der Waals surface area contributed by atoms with E-state index in [1.165, 1.54) is 32.4 Å². The summed E-state index contributed by atoms with van der Waals surface area (Å²) in [6.45, 7) is 13.3. The first-order valence-corrected chi connectivity index (χ1v) is 8.52. The topological polar surface area (TPSA) is 35.5 Å². The maximum absolute atomic E-state index is 10.4. The Balaban J connectivity index is 1.83. The Bertz CT molecular complexity index is 296. The van der Waals surface area contributed by atoms with E-state index < -0.39 is 0 Å². The van der Waals surface area contributed by atoms with Crippen molar-refractivity contribution in [3.63, 3.8) is 0 Å². The average Bonchev–Trinajstić information content (AvgIpc) is 3.19. The van der Waals surface area contributed by atoms with Crippen LogP contribution in [0, 0.1) is 17.3 Å². The Morgan fingerprint density at radius 2 is 1.90 bits per heavy atom. The average molecular weight is 282 g/mol. The Labute approximate surface area is 125 Å². The molecular weight excluding hydrogens is 248 g/mol. The largest absolute Gasteiger partial charge is 0.393 e. The molecule has 2 fully saturated rings. The zero-order valence-corrected chi connectivity index (χ0v) is 13.9. The van der Waals surface area contributed by atoms with Gasteiger partial charge in [-0.25, -0.2) is 0 Å². The van der Waals surface area contributed by atoms with Gasteiger partial charge >= 0.3 is 0 Å². The number of nitrogens with one attached hydrogen (secondary N) is 1. The van der Waals surface area contributed by atoms with Gasteiger partial charge in [0.15, 0.2) is 0 Å². The molecule has 1 aliphatic carbocycles. The second kappa shape index (κ2) is 6.76. The van der Waals surface area contributed by atoms with Crippen LogP contribution in [0.2, 0.25) is 0 Å². The Kier molecular flexibility index (Phi) is 5.49. The second-order valence-electron chi connectivity index (χ2n) is 8.12. The van der Waals surface area contributed by atoms with Crippen LogP contribution in [0.4, 0.5) is 0 Å². The van der Waals surface area contributed by atoms with Crippen molar-refractivity contribution in [2.45, 2.75) is 65.5 Å². The van der Waals surface area contributed by atoms with Gasteiger partial charge in [-0.05, 0) is 56.0 Å². The molecule has 3 unspecified atom stereocenters. The summed E-state index contributed by atoms with van der Waals surface area (Å²) in [5.41, 5.74) is 0.00539. The van der Waals surface area contributed by atoms with E-state index in [9.17, 15) is 5.11 Å². The van der Waals surface area contributed by atoms with Crippen LogP contribution < -0.4 is 5.32 Å². The molecule has 1 saturated heterocycles. The fourth-order valence-corrected chi connectivity index (χ4v) is 3.20. The summed E-state index contributed by atoms with van der Waals surface area (Å²) >= 11 is 0. The summed E-state index contributed by atoms with van der Waals surface area (Å²) in [7, 11) is 0. The Morgan fingerprint density at radius 1 is 1.20 bits per heavy atom. The van der Waals surface area contributed by atoms with Crippen LogP contribution in [0.3, 0.4) is 0 Å². The first-order chi connectivity index (χ1) is 9.38. The summed E-state index contributed by atoms with van der Waals surface area (Å²) in [6.07, 6.45) is 4.83. The molecule has 0 aromatic heterocycles. The molecule has 2 aliphatic rings. The number of aliphatic hydroxyl groups excluding tert-OH is 1. The number of nitrogens with zero attached hydrogens (tertiary/aromatic N) is 1. The predicted octanol–water partition coefficient (Wildman–Crippen LogP) is 2.49. The lowest BCUT2D eigenvalue weighted by atomic mass is 9.80. The van der Waals surface area contributed by atoms with Gasteiger partial charge in [0.05, 0.1) is 6.10 Å².